The van der Waals surface area contributed by atoms with Gasteiger partial charge in [0.2, 0.25) is 0 Å². The highest BCUT2D eigenvalue weighted by molar-refractivity contribution is 5.94. The maximum atomic E-state index is 11.5. The third-order valence-electron chi connectivity index (χ3n) is 12.3. The molecule has 332 valence electrons. The second-order valence-electron chi connectivity index (χ2n) is 17.1. The Balaban J connectivity index is 0.000000191. The van der Waals surface area contributed by atoms with Crippen molar-refractivity contribution in [2.24, 2.45) is 0 Å². The Kier molecular flexibility index (Phi) is 14.6. The number of carboxylic acid groups (broad SMARTS) is 2. The van der Waals surface area contributed by atoms with Crippen LogP contribution in [0.4, 0.5) is 34.1 Å². The Morgan fingerprint density at radius 1 is 0.594 bits per heavy atom. The molecule has 4 aromatic carbocycles. The van der Waals surface area contributed by atoms with Gasteiger partial charge in [0.1, 0.15) is 0 Å². The standard InChI is InChI=1S/2C26H30N4O2/c2*1-17(2)18-4-6-20(7-5-18)30(3)21-8-9-22-19(14-21)10-13-28-25(22)16-29-24-15-27-12-11-23(24)26(31)32/h2*4-9,11-12,14-15,17,25,28-29H,10,13,16H2,1-3H3,(H,31,32)/t2*25-/m10/s1. The van der Waals surface area contributed by atoms with Gasteiger partial charge in [0.05, 0.1) is 34.9 Å². The number of nitrogens with zero attached hydrogens (tertiary/aromatic N) is 4. The maximum absolute atomic E-state index is 11.5. The molecular weight excluding hydrogens is 801 g/mol. The highest BCUT2D eigenvalue weighted by Gasteiger charge is 2.23. The lowest BCUT2D eigenvalue weighted by molar-refractivity contribution is 0.0687. The van der Waals surface area contributed by atoms with Crippen LogP contribution in [0.3, 0.4) is 0 Å². The van der Waals surface area contributed by atoms with E-state index >= 15 is 0 Å². The van der Waals surface area contributed by atoms with E-state index in [1.165, 1.54) is 69.3 Å². The second-order valence-corrected chi connectivity index (χ2v) is 17.1. The summed E-state index contributed by atoms with van der Waals surface area (Å²) in [5, 5.41) is 32.4. The first kappa shape index (κ1) is 45.3. The highest BCUT2D eigenvalue weighted by atomic mass is 16.4. The number of fused-ring (bicyclic) bond motifs is 2. The third-order valence-corrected chi connectivity index (χ3v) is 12.3. The van der Waals surface area contributed by atoms with Crippen molar-refractivity contribution >= 4 is 46.1 Å². The molecular formula is C52H60N8O4. The number of nitrogens with one attached hydrogen (secondary N) is 4. The topological polar surface area (TPSA) is 155 Å². The number of aromatic nitrogens is 2. The van der Waals surface area contributed by atoms with Gasteiger partial charge in [-0.05, 0) is 132 Å². The first-order valence-electron chi connectivity index (χ1n) is 22.1. The van der Waals surface area contributed by atoms with Crippen molar-refractivity contribution in [3.05, 3.63) is 166 Å². The molecule has 0 amide bonds. The van der Waals surface area contributed by atoms with E-state index in [4.69, 9.17) is 0 Å². The fourth-order valence-corrected chi connectivity index (χ4v) is 8.39. The predicted molar refractivity (Wildman–Crippen MR) is 258 cm³/mol. The highest BCUT2D eigenvalue weighted by Crippen LogP contribution is 2.33. The van der Waals surface area contributed by atoms with Crippen molar-refractivity contribution in [2.75, 3.05) is 60.7 Å². The van der Waals surface area contributed by atoms with Crippen LogP contribution in [0, 0.1) is 0 Å². The molecule has 0 aliphatic carbocycles. The molecule has 4 heterocycles. The van der Waals surface area contributed by atoms with Crippen LogP contribution in [0.2, 0.25) is 0 Å². The lowest BCUT2D eigenvalue weighted by Crippen LogP contribution is -2.34. The lowest BCUT2D eigenvalue weighted by atomic mass is 9.93. The van der Waals surface area contributed by atoms with Gasteiger partial charge in [-0.15, -0.1) is 0 Å². The van der Waals surface area contributed by atoms with Crippen LogP contribution in [-0.4, -0.2) is 72.4 Å². The Bertz CT molecular complexity index is 2370. The van der Waals surface area contributed by atoms with Gasteiger partial charge in [0.25, 0.3) is 0 Å². The molecule has 0 saturated heterocycles. The van der Waals surface area contributed by atoms with Crippen LogP contribution in [0.5, 0.6) is 0 Å². The van der Waals surface area contributed by atoms with Crippen molar-refractivity contribution in [3.8, 4) is 0 Å². The van der Waals surface area contributed by atoms with Gasteiger partial charge in [0.15, 0.2) is 0 Å². The normalized spacial score (nSPS) is 15.3. The van der Waals surface area contributed by atoms with E-state index in [1.807, 2.05) is 0 Å². The fourth-order valence-electron chi connectivity index (χ4n) is 8.39. The minimum absolute atomic E-state index is 0.102. The second kappa shape index (κ2) is 20.6. The van der Waals surface area contributed by atoms with E-state index in [9.17, 15) is 19.8 Å². The summed E-state index contributed by atoms with van der Waals surface area (Å²) in [4.78, 5) is 35.5. The summed E-state index contributed by atoms with van der Waals surface area (Å²) >= 11 is 0. The number of hydrogen-bond acceptors (Lipinski definition) is 10. The number of carboxylic acids is 2. The Labute approximate surface area is 376 Å². The monoisotopic (exact) mass is 860 g/mol. The summed E-state index contributed by atoms with van der Waals surface area (Å²) in [6.07, 6.45) is 8.06. The number of carbonyl (C=O) groups is 2. The molecule has 6 N–H and O–H groups in total. The minimum atomic E-state index is -0.957. The zero-order valence-electron chi connectivity index (χ0n) is 37.6. The van der Waals surface area contributed by atoms with Crippen LogP contribution < -0.4 is 31.1 Å². The van der Waals surface area contributed by atoms with E-state index in [2.05, 4.69) is 168 Å². The smallest absolute Gasteiger partial charge is 0.337 e. The van der Waals surface area contributed by atoms with Crippen molar-refractivity contribution < 1.29 is 19.8 Å². The van der Waals surface area contributed by atoms with E-state index in [-0.39, 0.29) is 23.2 Å². The lowest BCUT2D eigenvalue weighted by Gasteiger charge is -2.29. The van der Waals surface area contributed by atoms with E-state index in [0.717, 1.165) is 37.3 Å². The molecule has 12 heteroatoms. The molecule has 6 aromatic rings. The number of pyridine rings is 2. The Hall–Kier alpha value is -6.76. The number of aromatic carboxylic acids is 2. The van der Waals surface area contributed by atoms with Gasteiger partial charge in [-0.3, -0.25) is 9.97 Å². The Morgan fingerprint density at radius 2 is 0.969 bits per heavy atom. The third kappa shape index (κ3) is 10.7. The summed E-state index contributed by atoms with van der Waals surface area (Å²) in [5.41, 5.74) is 14.0. The summed E-state index contributed by atoms with van der Waals surface area (Å²) in [5.74, 6) is -0.870. The van der Waals surface area contributed by atoms with E-state index in [1.54, 1.807) is 12.4 Å². The average molecular weight is 861 g/mol. The average Bonchev–Trinajstić information content (AvgIpc) is 3.32. The molecule has 2 aromatic heterocycles. The van der Waals surface area contributed by atoms with E-state index < -0.39 is 11.9 Å². The first-order chi connectivity index (χ1) is 30.9. The Morgan fingerprint density at radius 3 is 1.33 bits per heavy atom. The first-order valence-corrected chi connectivity index (χ1v) is 22.1. The van der Waals surface area contributed by atoms with Crippen LogP contribution in [0.1, 0.15) is 106 Å². The number of benzene rings is 4. The summed E-state index contributed by atoms with van der Waals surface area (Å²) in [6, 6.07) is 34.0. The number of anilines is 6. The van der Waals surface area contributed by atoms with Crippen molar-refractivity contribution in [1.29, 1.82) is 0 Å². The van der Waals surface area contributed by atoms with Crippen LogP contribution >= 0.6 is 0 Å². The summed E-state index contributed by atoms with van der Waals surface area (Å²) in [6.45, 7) is 11.8. The quantitative estimate of drug-likeness (QED) is 0.0618. The van der Waals surface area contributed by atoms with Crippen LogP contribution in [0.15, 0.2) is 122 Å². The molecule has 8 rings (SSSR count). The largest absolute Gasteiger partial charge is 0.478 e. The number of rotatable bonds is 14. The summed E-state index contributed by atoms with van der Waals surface area (Å²) in [7, 11) is 4.20. The maximum Gasteiger partial charge on any atom is 0.337 e. The zero-order valence-corrected chi connectivity index (χ0v) is 37.6. The van der Waals surface area contributed by atoms with Crippen molar-refractivity contribution in [3.63, 3.8) is 0 Å². The van der Waals surface area contributed by atoms with Gasteiger partial charge in [-0.25, -0.2) is 9.59 Å². The summed E-state index contributed by atoms with van der Waals surface area (Å²) < 4.78 is 0. The number of hydrogen-bond donors (Lipinski definition) is 6. The molecule has 2 aliphatic heterocycles. The van der Waals surface area contributed by atoms with Gasteiger partial charge in [-0.2, -0.15) is 0 Å². The molecule has 0 fully saturated rings. The van der Waals surface area contributed by atoms with E-state index in [0.29, 0.717) is 36.3 Å². The minimum Gasteiger partial charge on any atom is -0.478 e. The van der Waals surface area contributed by atoms with Crippen LogP contribution in [-0.2, 0) is 12.8 Å². The predicted octanol–water partition coefficient (Wildman–Crippen LogP) is 9.94. The molecule has 0 bridgehead atoms. The molecule has 12 nitrogen and oxygen atoms in total. The molecule has 0 saturated carbocycles. The molecule has 0 unspecified atom stereocenters. The molecule has 64 heavy (non-hydrogen) atoms. The molecule has 2 aliphatic rings. The van der Waals surface area contributed by atoms with Gasteiger partial charge >= 0.3 is 11.9 Å². The molecule has 2 atom stereocenters. The van der Waals surface area contributed by atoms with Gasteiger partial charge < -0.3 is 41.3 Å². The van der Waals surface area contributed by atoms with Crippen molar-refractivity contribution in [2.45, 2.75) is 64.5 Å². The van der Waals surface area contributed by atoms with Gasteiger partial charge in [0, 0.05) is 74.4 Å². The fraction of sp³-hybridized carbons (Fsp3) is 0.308. The van der Waals surface area contributed by atoms with Gasteiger partial charge in [-0.1, -0.05) is 64.1 Å². The zero-order chi connectivity index (χ0) is 45.3. The molecule has 0 spiro atoms. The SMILES string of the molecule is CC(C)c1ccc(N(C)c2ccc3c(c2)CCN[C@@H]3CNc2cnccc2C(=O)O)cc1.CC(C)c1ccc(N(C)c2ccc3c(c2)CCN[C@H]3CNc2cnccc2C(=O)O)cc1. The van der Waals surface area contributed by atoms with Crippen LogP contribution in [0.25, 0.3) is 0 Å². The molecule has 0 radical (unpaired) electrons. The van der Waals surface area contributed by atoms with Crippen molar-refractivity contribution in [1.82, 2.24) is 20.6 Å².